The average Bonchev–Trinajstić information content (AvgIpc) is 3.07. The molecule has 2 heterocycles. The summed E-state index contributed by atoms with van der Waals surface area (Å²) >= 11 is 0. The topological polar surface area (TPSA) is 63.9 Å². The summed E-state index contributed by atoms with van der Waals surface area (Å²) in [5.74, 6) is 3.77. The van der Waals surface area contributed by atoms with E-state index in [0.717, 1.165) is 44.9 Å². The van der Waals surface area contributed by atoms with E-state index in [1.54, 1.807) is 12.4 Å². The second-order valence-electron chi connectivity index (χ2n) is 9.68. The summed E-state index contributed by atoms with van der Waals surface area (Å²) in [6.07, 6.45) is 16.9. The van der Waals surface area contributed by atoms with Crippen LogP contribution < -0.4 is 0 Å². The van der Waals surface area contributed by atoms with Gasteiger partial charge in [-0.2, -0.15) is 0 Å². The smallest absolute Gasteiger partial charge is 0.155 e. The van der Waals surface area contributed by atoms with E-state index in [1.165, 1.54) is 0 Å². The monoisotopic (exact) mass is 557 g/mol. The Labute approximate surface area is 253 Å². The molecule has 43 heavy (non-hydrogen) atoms. The van der Waals surface area contributed by atoms with Crippen molar-refractivity contribution in [2.24, 2.45) is 4.99 Å². The van der Waals surface area contributed by atoms with E-state index < -0.39 is 0 Å². The lowest BCUT2D eigenvalue weighted by Gasteiger charge is -2.10. The van der Waals surface area contributed by atoms with Crippen molar-refractivity contribution in [3.8, 4) is 34.9 Å². The van der Waals surface area contributed by atoms with Crippen LogP contribution in [0.2, 0.25) is 0 Å². The Morgan fingerprint density at radius 1 is 0.791 bits per heavy atom. The van der Waals surface area contributed by atoms with E-state index in [9.17, 15) is 0 Å². The van der Waals surface area contributed by atoms with Crippen molar-refractivity contribution in [2.45, 2.75) is 13.3 Å². The molecule has 0 amide bonds. The number of terminal acetylenes is 1. The van der Waals surface area contributed by atoms with E-state index in [-0.39, 0.29) is 0 Å². The van der Waals surface area contributed by atoms with Crippen LogP contribution in [-0.2, 0) is 6.42 Å². The SMILES string of the molecule is C#C/C=C\C(=C/C)C/N=C(\C=C\c1ncnc(Cc2cc(-c3ccccc3)nc(-c3ccccc3)c2)n1)c1ccccc1. The van der Waals surface area contributed by atoms with Crippen molar-refractivity contribution in [2.75, 3.05) is 6.54 Å². The lowest BCUT2D eigenvalue weighted by Crippen LogP contribution is -2.03. The molecule has 0 N–H and O–H groups in total. The van der Waals surface area contributed by atoms with E-state index in [1.807, 2.05) is 98.0 Å². The summed E-state index contributed by atoms with van der Waals surface area (Å²) in [6, 6.07) is 34.7. The molecular weight excluding hydrogens is 526 g/mol. The summed E-state index contributed by atoms with van der Waals surface area (Å²) in [6.45, 7) is 2.48. The second kappa shape index (κ2) is 14.8. The van der Waals surface area contributed by atoms with Crippen LogP contribution >= 0.6 is 0 Å². The lowest BCUT2D eigenvalue weighted by molar-refractivity contribution is 0.906. The zero-order valence-corrected chi connectivity index (χ0v) is 24.0. The van der Waals surface area contributed by atoms with Gasteiger partial charge in [0.2, 0.25) is 0 Å². The average molecular weight is 558 g/mol. The van der Waals surface area contributed by atoms with Gasteiger partial charge in [-0.3, -0.25) is 4.99 Å². The summed E-state index contributed by atoms with van der Waals surface area (Å²) in [5, 5.41) is 0. The minimum atomic E-state index is 0.501. The standard InChI is InChI=1S/C38H31N5/c1-3-5-15-29(4-2)27-39-34(31-16-9-6-10-17-31)22-23-37-40-28-41-38(43-37)26-30-24-35(32-18-11-7-12-19-32)42-36(25-30)33-20-13-8-14-21-33/h1,4-25,28H,26-27H2,2H3/b15-5-,23-22+,29-4+,39-34+. The Balaban J connectivity index is 1.43. The third kappa shape index (κ3) is 8.16. The number of hydrogen-bond acceptors (Lipinski definition) is 5. The fourth-order valence-corrected chi connectivity index (χ4v) is 4.47. The first-order valence-corrected chi connectivity index (χ1v) is 14.1. The number of hydrogen-bond donors (Lipinski definition) is 0. The molecule has 0 unspecified atom stereocenters. The van der Waals surface area contributed by atoms with Crippen LogP contribution in [0.25, 0.3) is 28.6 Å². The van der Waals surface area contributed by atoms with Gasteiger partial charge >= 0.3 is 0 Å². The molecule has 0 atom stereocenters. The highest BCUT2D eigenvalue weighted by molar-refractivity contribution is 6.10. The largest absolute Gasteiger partial charge is 0.280 e. The molecule has 5 heteroatoms. The number of benzene rings is 3. The van der Waals surface area contributed by atoms with Gasteiger partial charge in [0.1, 0.15) is 12.2 Å². The molecule has 0 spiro atoms. The zero-order chi connectivity index (χ0) is 29.7. The minimum Gasteiger partial charge on any atom is -0.280 e. The first-order chi connectivity index (χ1) is 21.2. The van der Waals surface area contributed by atoms with Crippen LogP contribution in [-0.4, -0.2) is 32.2 Å². The molecule has 3 aromatic carbocycles. The first kappa shape index (κ1) is 28.8. The molecule has 5 rings (SSSR count). The second-order valence-corrected chi connectivity index (χ2v) is 9.68. The Bertz CT molecular complexity index is 1760. The fraction of sp³-hybridized carbons (Fsp3) is 0.0789. The van der Waals surface area contributed by atoms with Gasteiger partial charge in [-0.05, 0) is 60.1 Å². The Morgan fingerprint density at radius 2 is 1.42 bits per heavy atom. The number of pyridine rings is 1. The molecular formula is C38H31N5. The molecule has 0 aliphatic carbocycles. The van der Waals surface area contributed by atoms with Gasteiger partial charge in [-0.15, -0.1) is 6.42 Å². The quantitative estimate of drug-likeness (QED) is 0.0997. The third-order valence-electron chi connectivity index (χ3n) is 6.68. The molecule has 5 aromatic rings. The lowest BCUT2D eigenvalue weighted by atomic mass is 10.0. The van der Waals surface area contributed by atoms with E-state index in [4.69, 9.17) is 21.4 Å². The third-order valence-corrected chi connectivity index (χ3v) is 6.68. The summed E-state index contributed by atoms with van der Waals surface area (Å²) < 4.78 is 0. The van der Waals surface area contributed by atoms with Crippen LogP contribution in [0.1, 0.15) is 29.7 Å². The minimum absolute atomic E-state index is 0.501. The predicted octanol–water partition coefficient (Wildman–Crippen LogP) is 7.83. The molecule has 0 bridgehead atoms. The van der Waals surface area contributed by atoms with Crippen molar-refractivity contribution in [1.29, 1.82) is 0 Å². The Kier molecular flexibility index (Phi) is 9.89. The number of allylic oxidation sites excluding steroid dienone is 3. The van der Waals surface area contributed by atoms with Crippen molar-refractivity contribution in [3.05, 3.63) is 162 Å². The number of nitrogens with zero attached hydrogens (tertiary/aromatic N) is 5. The highest BCUT2D eigenvalue weighted by atomic mass is 15.0. The van der Waals surface area contributed by atoms with Crippen LogP contribution in [0, 0.1) is 12.3 Å². The summed E-state index contributed by atoms with van der Waals surface area (Å²) in [5.41, 5.74) is 7.87. The highest BCUT2D eigenvalue weighted by Crippen LogP contribution is 2.25. The van der Waals surface area contributed by atoms with E-state index in [0.29, 0.717) is 24.6 Å². The molecule has 2 aromatic heterocycles. The maximum absolute atomic E-state index is 5.39. The van der Waals surface area contributed by atoms with Crippen molar-refractivity contribution in [1.82, 2.24) is 19.9 Å². The fourth-order valence-electron chi connectivity index (χ4n) is 4.47. The summed E-state index contributed by atoms with van der Waals surface area (Å²) in [7, 11) is 0. The van der Waals surface area contributed by atoms with Crippen molar-refractivity contribution < 1.29 is 0 Å². The molecule has 0 radical (unpaired) electrons. The molecule has 0 aliphatic heterocycles. The van der Waals surface area contributed by atoms with E-state index in [2.05, 4.69) is 52.3 Å². The Morgan fingerprint density at radius 3 is 2.02 bits per heavy atom. The maximum atomic E-state index is 5.39. The highest BCUT2D eigenvalue weighted by Gasteiger charge is 2.10. The molecule has 0 saturated heterocycles. The van der Waals surface area contributed by atoms with Crippen LogP contribution in [0.3, 0.4) is 0 Å². The molecule has 208 valence electrons. The van der Waals surface area contributed by atoms with Gasteiger partial charge < -0.3 is 0 Å². The Hall–Kier alpha value is -5.73. The van der Waals surface area contributed by atoms with E-state index >= 15 is 0 Å². The van der Waals surface area contributed by atoms with Crippen LogP contribution in [0.4, 0.5) is 0 Å². The van der Waals surface area contributed by atoms with Gasteiger partial charge in [-0.1, -0.05) is 103 Å². The number of rotatable bonds is 10. The maximum Gasteiger partial charge on any atom is 0.155 e. The molecule has 5 nitrogen and oxygen atoms in total. The van der Waals surface area contributed by atoms with Crippen molar-refractivity contribution in [3.63, 3.8) is 0 Å². The summed E-state index contributed by atoms with van der Waals surface area (Å²) in [4.78, 5) is 23.5. The van der Waals surface area contributed by atoms with Gasteiger partial charge in [0.15, 0.2) is 5.82 Å². The van der Waals surface area contributed by atoms with Gasteiger partial charge in [0, 0.05) is 17.5 Å². The van der Waals surface area contributed by atoms with Gasteiger partial charge in [-0.25, -0.2) is 19.9 Å². The van der Waals surface area contributed by atoms with Crippen LogP contribution in [0.5, 0.6) is 0 Å². The van der Waals surface area contributed by atoms with Gasteiger partial charge in [0.05, 0.1) is 23.6 Å². The normalized spacial score (nSPS) is 12.1. The molecule has 0 fully saturated rings. The van der Waals surface area contributed by atoms with Gasteiger partial charge in [0.25, 0.3) is 0 Å². The first-order valence-electron chi connectivity index (χ1n) is 14.1. The van der Waals surface area contributed by atoms with Crippen molar-refractivity contribution >= 4 is 11.8 Å². The zero-order valence-electron chi connectivity index (χ0n) is 24.0. The predicted molar refractivity (Wildman–Crippen MR) is 176 cm³/mol. The molecule has 0 aliphatic rings. The molecule has 0 saturated carbocycles. The van der Waals surface area contributed by atoms with Crippen LogP contribution in [0.15, 0.2) is 144 Å². The number of aliphatic imine (C=N–C) groups is 1. The number of aromatic nitrogens is 4.